The average molecular weight is 310 g/mol. The number of alkyl halides is 3. The van der Waals surface area contributed by atoms with E-state index in [1.165, 1.54) is 6.07 Å². The Hall–Kier alpha value is -2.31. The third-order valence-corrected chi connectivity index (χ3v) is 2.86. The molecular formula is C15H17F3N4. The van der Waals surface area contributed by atoms with Crippen LogP contribution in [0.5, 0.6) is 0 Å². The molecule has 0 amide bonds. The second-order valence-electron chi connectivity index (χ2n) is 4.82. The zero-order chi connectivity index (χ0) is 16.2. The van der Waals surface area contributed by atoms with Gasteiger partial charge in [0.1, 0.15) is 17.5 Å². The monoisotopic (exact) mass is 310 g/mol. The number of benzene rings is 1. The third kappa shape index (κ3) is 4.34. The first kappa shape index (κ1) is 16.1. The fraction of sp³-hybridized carbons (Fsp3) is 0.333. The number of nitrogens with one attached hydrogen (secondary N) is 2. The molecule has 0 spiro atoms. The largest absolute Gasteiger partial charge is 0.416 e. The molecule has 1 aromatic heterocycles. The first-order valence-corrected chi connectivity index (χ1v) is 6.92. The Morgan fingerprint density at radius 1 is 1.09 bits per heavy atom. The van der Waals surface area contributed by atoms with Crippen molar-refractivity contribution in [3.63, 3.8) is 0 Å². The van der Waals surface area contributed by atoms with Crippen LogP contribution in [0.3, 0.4) is 0 Å². The van der Waals surface area contributed by atoms with Crippen LogP contribution in [0.1, 0.15) is 24.7 Å². The molecule has 1 heterocycles. The summed E-state index contributed by atoms with van der Waals surface area (Å²) in [4.78, 5) is 8.41. The Morgan fingerprint density at radius 3 is 2.50 bits per heavy atom. The van der Waals surface area contributed by atoms with Crippen LogP contribution in [-0.2, 0) is 6.18 Å². The van der Waals surface area contributed by atoms with Gasteiger partial charge in [-0.2, -0.15) is 13.2 Å². The number of anilines is 3. The summed E-state index contributed by atoms with van der Waals surface area (Å²) in [6, 6.07) is 6.67. The summed E-state index contributed by atoms with van der Waals surface area (Å²) in [5, 5.41) is 6.01. The molecule has 2 rings (SSSR count). The number of rotatable bonds is 5. The predicted molar refractivity (Wildman–Crippen MR) is 80.3 cm³/mol. The highest BCUT2D eigenvalue weighted by Crippen LogP contribution is 2.31. The minimum Gasteiger partial charge on any atom is -0.370 e. The fourth-order valence-electron chi connectivity index (χ4n) is 1.90. The molecule has 22 heavy (non-hydrogen) atoms. The molecule has 4 nitrogen and oxygen atoms in total. The van der Waals surface area contributed by atoms with Crippen LogP contribution in [0.4, 0.5) is 30.5 Å². The Bertz CT molecular complexity index is 641. The van der Waals surface area contributed by atoms with Crippen LogP contribution in [0.15, 0.2) is 30.3 Å². The van der Waals surface area contributed by atoms with Gasteiger partial charge in [-0.25, -0.2) is 9.97 Å². The van der Waals surface area contributed by atoms with E-state index >= 15 is 0 Å². The molecule has 2 N–H and O–H groups in total. The van der Waals surface area contributed by atoms with Crippen molar-refractivity contribution in [2.45, 2.75) is 26.4 Å². The van der Waals surface area contributed by atoms with Crippen LogP contribution in [0.25, 0.3) is 0 Å². The van der Waals surface area contributed by atoms with Crippen molar-refractivity contribution in [2.24, 2.45) is 0 Å². The fourth-order valence-corrected chi connectivity index (χ4v) is 1.90. The number of nitrogens with zero attached hydrogens (tertiary/aromatic N) is 2. The van der Waals surface area contributed by atoms with Gasteiger partial charge in [-0.05, 0) is 31.5 Å². The Balaban J connectivity index is 2.21. The minimum absolute atomic E-state index is 0.328. The van der Waals surface area contributed by atoms with Gasteiger partial charge in [0.2, 0.25) is 0 Å². The van der Waals surface area contributed by atoms with Crippen molar-refractivity contribution < 1.29 is 13.2 Å². The first-order valence-electron chi connectivity index (χ1n) is 6.92. The van der Waals surface area contributed by atoms with E-state index in [0.29, 0.717) is 23.1 Å². The molecule has 0 fully saturated rings. The van der Waals surface area contributed by atoms with Gasteiger partial charge in [-0.3, -0.25) is 0 Å². The summed E-state index contributed by atoms with van der Waals surface area (Å²) >= 11 is 0. The van der Waals surface area contributed by atoms with Crippen molar-refractivity contribution in [3.05, 3.63) is 41.7 Å². The highest BCUT2D eigenvalue weighted by Gasteiger charge is 2.30. The second kappa shape index (κ2) is 6.64. The van der Waals surface area contributed by atoms with E-state index in [4.69, 9.17) is 0 Å². The quantitative estimate of drug-likeness (QED) is 0.861. The molecule has 0 aliphatic rings. The Kier molecular flexibility index (Phi) is 4.85. The highest BCUT2D eigenvalue weighted by atomic mass is 19.4. The molecule has 0 unspecified atom stereocenters. The molecule has 0 saturated carbocycles. The number of hydrogen-bond acceptors (Lipinski definition) is 4. The number of halogens is 3. The van der Waals surface area contributed by atoms with E-state index in [0.717, 1.165) is 25.1 Å². The average Bonchev–Trinajstić information content (AvgIpc) is 2.44. The Morgan fingerprint density at radius 2 is 1.82 bits per heavy atom. The summed E-state index contributed by atoms with van der Waals surface area (Å²) < 4.78 is 38.1. The molecule has 118 valence electrons. The lowest BCUT2D eigenvalue weighted by Gasteiger charge is -2.12. The van der Waals surface area contributed by atoms with E-state index in [-0.39, 0.29) is 0 Å². The van der Waals surface area contributed by atoms with E-state index in [9.17, 15) is 13.2 Å². The van der Waals surface area contributed by atoms with Gasteiger partial charge < -0.3 is 10.6 Å². The van der Waals surface area contributed by atoms with Gasteiger partial charge in [0.25, 0.3) is 0 Å². The molecule has 0 atom stereocenters. The normalized spacial score (nSPS) is 11.3. The summed E-state index contributed by atoms with van der Waals surface area (Å²) in [5.74, 6) is 1.63. The van der Waals surface area contributed by atoms with Crippen molar-refractivity contribution >= 4 is 17.3 Å². The molecule has 0 saturated heterocycles. The highest BCUT2D eigenvalue weighted by molar-refractivity contribution is 5.60. The van der Waals surface area contributed by atoms with Gasteiger partial charge in [0.15, 0.2) is 0 Å². The van der Waals surface area contributed by atoms with E-state index < -0.39 is 11.7 Å². The van der Waals surface area contributed by atoms with Gasteiger partial charge in [-0.15, -0.1) is 0 Å². The molecule has 2 aromatic rings. The lowest BCUT2D eigenvalue weighted by molar-refractivity contribution is -0.137. The van der Waals surface area contributed by atoms with Crippen LogP contribution in [0.2, 0.25) is 0 Å². The SMILES string of the molecule is CCCNc1cc(Nc2cccc(C(F)(F)F)c2)nc(C)n1. The van der Waals surface area contributed by atoms with Crippen LogP contribution in [0, 0.1) is 6.92 Å². The molecule has 0 radical (unpaired) electrons. The molecule has 7 heteroatoms. The van der Waals surface area contributed by atoms with Crippen molar-refractivity contribution in [1.29, 1.82) is 0 Å². The van der Waals surface area contributed by atoms with Crippen LogP contribution < -0.4 is 10.6 Å². The summed E-state index contributed by atoms with van der Waals surface area (Å²) in [6.45, 7) is 4.52. The maximum Gasteiger partial charge on any atom is 0.416 e. The van der Waals surface area contributed by atoms with Crippen molar-refractivity contribution in [3.8, 4) is 0 Å². The van der Waals surface area contributed by atoms with Crippen LogP contribution in [-0.4, -0.2) is 16.5 Å². The Labute approximate surface area is 126 Å². The van der Waals surface area contributed by atoms with Gasteiger partial charge >= 0.3 is 6.18 Å². The molecule has 0 aliphatic carbocycles. The first-order chi connectivity index (χ1) is 10.4. The molecule has 1 aromatic carbocycles. The standard InChI is InChI=1S/C15H17F3N4/c1-3-7-19-13-9-14(21-10(2)20-13)22-12-6-4-5-11(8-12)15(16,17)18/h4-6,8-9H,3,7H2,1-2H3,(H2,19,20,21,22). The maximum absolute atomic E-state index is 12.7. The summed E-state index contributed by atoms with van der Waals surface area (Å²) in [6.07, 6.45) is -3.42. The zero-order valence-corrected chi connectivity index (χ0v) is 12.3. The third-order valence-electron chi connectivity index (χ3n) is 2.86. The van der Waals surface area contributed by atoms with Gasteiger partial charge in [-0.1, -0.05) is 13.0 Å². The number of aromatic nitrogens is 2. The zero-order valence-electron chi connectivity index (χ0n) is 12.3. The predicted octanol–water partition coefficient (Wildman–Crippen LogP) is 4.37. The van der Waals surface area contributed by atoms with E-state index in [2.05, 4.69) is 20.6 Å². The second-order valence-corrected chi connectivity index (χ2v) is 4.82. The van der Waals surface area contributed by atoms with E-state index in [1.807, 2.05) is 6.92 Å². The molecule has 0 bridgehead atoms. The van der Waals surface area contributed by atoms with Crippen LogP contribution >= 0.6 is 0 Å². The van der Waals surface area contributed by atoms with E-state index in [1.54, 1.807) is 19.1 Å². The summed E-state index contributed by atoms with van der Waals surface area (Å²) in [5.41, 5.74) is -0.373. The molecular weight excluding hydrogens is 293 g/mol. The lowest BCUT2D eigenvalue weighted by atomic mass is 10.2. The topological polar surface area (TPSA) is 49.8 Å². The smallest absolute Gasteiger partial charge is 0.370 e. The summed E-state index contributed by atoms with van der Waals surface area (Å²) in [7, 11) is 0. The van der Waals surface area contributed by atoms with Gasteiger partial charge in [0.05, 0.1) is 5.56 Å². The van der Waals surface area contributed by atoms with Gasteiger partial charge in [0, 0.05) is 18.3 Å². The molecule has 0 aliphatic heterocycles. The van der Waals surface area contributed by atoms with Crippen molar-refractivity contribution in [2.75, 3.05) is 17.2 Å². The minimum atomic E-state index is -4.37. The maximum atomic E-state index is 12.7. The van der Waals surface area contributed by atoms with Crippen molar-refractivity contribution in [1.82, 2.24) is 9.97 Å². The number of hydrogen-bond donors (Lipinski definition) is 2. The number of aryl methyl sites for hydroxylation is 1. The lowest BCUT2D eigenvalue weighted by Crippen LogP contribution is -2.07.